The summed E-state index contributed by atoms with van der Waals surface area (Å²) in [6.45, 7) is 3.63. The summed E-state index contributed by atoms with van der Waals surface area (Å²) in [6.07, 6.45) is 1.16. The van der Waals surface area contributed by atoms with Crippen molar-refractivity contribution in [1.29, 1.82) is 0 Å². The number of nitrogens with one attached hydrogen (secondary N) is 1. The number of nitrogens with zero attached hydrogens (tertiary/aromatic N) is 5. The van der Waals surface area contributed by atoms with Crippen LogP contribution in [0.3, 0.4) is 0 Å². The largest absolute Gasteiger partial charge is 0.494 e. The van der Waals surface area contributed by atoms with Gasteiger partial charge in [0.2, 0.25) is 0 Å². The van der Waals surface area contributed by atoms with Gasteiger partial charge in [0.25, 0.3) is 0 Å². The number of aryl methyl sites for hydroxylation is 2. The highest BCUT2D eigenvalue weighted by Gasteiger charge is 2.38. The molecule has 1 N–H and O–H groups in total. The van der Waals surface area contributed by atoms with E-state index in [1.54, 1.807) is 31.1 Å². The van der Waals surface area contributed by atoms with Crippen molar-refractivity contribution in [3.8, 4) is 11.4 Å². The molecule has 0 saturated carbocycles. The lowest BCUT2D eigenvalue weighted by Crippen LogP contribution is -2.24. The summed E-state index contributed by atoms with van der Waals surface area (Å²) < 4.78 is 50.5. The zero-order valence-corrected chi connectivity index (χ0v) is 19.6. The highest BCUT2D eigenvalue weighted by Crippen LogP contribution is 2.41. The highest BCUT2D eigenvalue weighted by atomic mass is 19.4. The number of aromatic nitrogens is 5. The Bertz CT molecular complexity index is 1370. The Labute approximate surface area is 200 Å². The fourth-order valence-electron chi connectivity index (χ4n) is 4.77. The van der Waals surface area contributed by atoms with Gasteiger partial charge in [-0.05, 0) is 62.4 Å². The molecule has 5 rings (SSSR count). The molecule has 1 aliphatic rings. The highest BCUT2D eigenvalue weighted by molar-refractivity contribution is 5.64. The smallest absolute Gasteiger partial charge is 0.416 e. The van der Waals surface area contributed by atoms with Crippen LogP contribution < -0.4 is 10.1 Å². The van der Waals surface area contributed by atoms with Crippen LogP contribution >= 0.6 is 0 Å². The average Bonchev–Trinajstić information content (AvgIpc) is 3.44. The third-order valence-corrected chi connectivity index (χ3v) is 6.37. The molecule has 2 aromatic carbocycles. The summed E-state index contributed by atoms with van der Waals surface area (Å²) in [5.41, 5.74) is 3.49. The molecule has 35 heavy (non-hydrogen) atoms. The fraction of sp³-hybridized carbons (Fsp3) is 0.320. The van der Waals surface area contributed by atoms with Crippen molar-refractivity contribution < 1.29 is 17.9 Å². The fourth-order valence-corrected chi connectivity index (χ4v) is 4.77. The Hall–Kier alpha value is -3.82. The molecule has 182 valence electrons. The number of fused-ring (bicyclic) bond motifs is 1. The second kappa shape index (κ2) is 8.75. The topological polar surface area (TPSA) is 69.8 Å². The summed E-state index contributed by atoms with van der Waals surface area (Å²) in [7, 11) is 1.59. The van der Waals surface area contributed by atoms with Crippen LogP contribution in [0.25, 0.3) is 5.69 Å². The van der Waals surface area contributed by atoms with Gasteiger partial charge in [0.05, 0.1) is 42.1 Å². The van der Waals surface area contributed by atoms with Crippen LogP contribution in [0.5, 0.6) is 5.75 Å². The molecule has 0 aliphatic carbocycles. The van der Waals surface area contributed by atoms with Gasteiger partial charge in [-0.1, -0.05) is 17.3 Å². The number of hydrogen-bond acceptors (Lipinski definition) is 5. The molecule has 10 heteroatoms. The maximum atomic E-state index is 13.8. The lowest BCUT2D eigenvalue weighted by Gasteiger charge is -2.28. The van der Waals surface area contributed by atoms with Crippen LogP contribution in [0.2, 0.25) is 0 Å². The van der Waals surface area contributed by atoms with E-state index in [0.717, 1.165) is 35.2 Å². The van der Waals surface area contributed by atoms with Crippen molar-refractivity contribution in [2.75, 3.05) is 12.4 Å². The van der Waals surface area contributed by atoms with E-state index in [2.05, 4.69) is 20.6 Å². The van der Waals surface area contributed by atoms with Crippen molar-refractivity contribution in [2.24, 2.45) is 0 Å². The minimum atomic E-state index is -4.44. The Balaban J connectivity index is 1.48. The number of ether oxygens (including phenoxy) is 1. The van der Waals surface area contributed by atoms with Gasteiger partial charge in [-0.25, -0.2) is 9.67 Å². The zero-order chi connectivity index (χ0) is 24.7. The molecule has 0 radical (unpaired) electrons. The molecular formula is C25H25F3N6O. The molecule has 4 aromatic rings. The number of rotatable bonds is 5. The molecule has 2 aromatic heterocycles. The number of benzene rings is 2. The summed E-state index contributed by atoms with van der Waals surface area (Å²) >= 11 is 0. The van der Waals surface area contributed by atoms with Gasteiger partial charge in [0.15, 0.2) is 5.82 Å². The SMILES string of the molecule is COc1cc(Nc2nnn3c2CCCC3c2c(C)cccc2C(F)(F)F)ccc1-n1cnc(C)c1. The quantitative estimate of drug-likeness (QED) is 0.391. The molecule has 0 amide bonds. The zero-order valence-electron chi connectivity index (χ0n) is 19.6. The van der Waals surface area contributed by atoms with Crippen molar-refractivity contribution >= 4 is 11.5 Å². The summed E-state index contributed by atoms with van der Waals surface area (Å²) in [6, 6.07) is 9.42. The number of halogens is 3. The van der Waals surface area contributed by atoms with E-state index in [1.807, 2.05) is 35.9 Å². The molecule has 1 aliphatic heterocycles. The lowest BCUT2D eigenvalue weighted by molar-refractivity contribution is -0.138. The lowest BCUT2D eigenvalue weighted by atomic mass is 9.89. The van der Waals surface area contributed by atoms with Crippen molar-refractivity contribution in [3.05, 3.63) is 77.0 Å². The Morgan fingerprint density at radius 2 is 1.97 bits per heavy atom. The predicted octanol–water partition coefficient (Wildman–Crippen LogP) is 5.78. The maximum absolute atomic E-state index is 13.8. The molecule has 0 saturated heterocycles. The van der Waals surface area contributed by atoms with Crippen LogP contribution in [-0.4, -0.2) is 31.7 Å². The second-order valence-corrected chi connectivity index (χ2v) is 8.71. The number of hydrogen-bond donors (Lipinski definition) is 1. The second-order valence-electron chi connectivity index (χ2n) is 8.71. The number of alkyl halides is 3. The monoisotopic (exact) mass is 482 g/mol. The van der Waals surface area contributed by atoms with E-state index in [9.17, 15) is 13.2 Å². The minimum Gasteiger partial charge on any atom is -0.494 e. The van der Waals surface area contributed by atoms with Crippen LogP contribution in [0.4, 0.5) is 24.7 Å². The summed E-state index contributed by atoms with van der Waals surface area (Å²) in [5.74, 6) is 1.17. The van der Waals surface area contributed by atoms with Crippen LogP contribution in [0.15, 0.2) is 48.9 Å². The maximum Gasteiger partial charge on any atom is 0.416 e. The first-order valence-corrected chi connectivity index (χ1v) is 11.3. The summed E-state index contributed by atoms with van der Waals surface area (Å²) in [5, 5.41) is 11.9. The molecule has 0 spiro atoms. The predicted molar refractivity (Wildman–Crippen MR) is 125 cm³/mol. The molecule has 1 atom stereocenters. The van der Waals surface area contributed by atoms with E-state index in [0.29, 0.717) is 30.0 Å². The van der Waals surface area contributed by atoms with E-state index in [4.69, 9.17) is 4.74 Å². The van der Waals surface area contributed by atoms with E-state index < -0.39 is 17.8 Å². The first-order valence-electron chi connectivity index (χ1n) is 11.3. The van der Waals surface area contributed by atoms with Crippen molar-refractivity contribution in [1.82, 2.24) is 24.5 Å². The molecule has 3 heterocycles. The van der Waals surface area contributed by atoms with Crippen LogP contribution in [0.1, 0.15) is 47.0 Å². The van der Waals surface area contributed by atoms with Crippen molar-refractivity contribution in [3.63, 3.8) is 0 Å². The number of imidazole rings is 1. The molecule has 0 fully saturated rings. The normalized spacial score (nSPS) is 15.7. The van der Waals surface area contributed by atoms with Gasteiger partial charge in [0, 0.05) is 18.0 Å². The van der Waals surface area contributed by atoms with Gasteiger partial charge in [-0.2, -0.15) is 13.2 Å². The standard InChI is InChI=1S/C25H25F3N6O/c1-15-6-4-7-18(25(26,27)28)23(15)20-8-5-9-21-24(31-32-34(20)21)30-17-10-11-19(22(12-17)35-3)33-13-16(2)29-14-33/h4,6-7,10-14,20,30H,5,8-9H2,1-3H3. The van der Waals surface area contributed by atoms with E-state index in [-0.39, 0.29) is 5.56 Å². The molecule has 0 bridgehead atoms. The number of methoxy groups -OCH3 is 1. The van der Waals surface area contributed by atoms with Gasteiger partial charge in [0.1, 0.15) is 5.75 Å². The molecule has 1 unspecified atom stereocenters. The van der Waals surface area contributed by atoms with Gasteiger partial charge in [-0.15, -0.1) is 5.10 Å². The van der Waals surface area contributed by atoms with Gasteiger partial charge >= 0.3 is 6.18 Å². The molecular weight excluding hydrogens is 457 g/mol. The minimum absolute atomic E-state index is 0.263. The Morgan fingerprint density at radius 3 is 2.69 bits per heavy atom. The van der Waals surface area contributed by atoms with Crippen LogP contribution in [0, 0.1) is 13.8 Å². The van der Waals surface area contributed by atoms with E-state index in [1.165, 1.54) is 6.07 Å². The third kappa shape index (κ3) is 4.24. The van der Waals surface area contributed by atoms with Crippen LogP contribution in [-0.2, 0) is 12.6 Å². The number of anilines is 2. The first-order chi connectivity index (χ1) is 16.8. The molecule has 7 nitrogen and oxygen atoms in total. The average molecular weight is 483 g/mol. The first kappa shape index (κ1) is 22.9. The Kier molecular flexibility index (Phi) is 5.74. The summed E-state index contributed by atoms with van der Waals surface area (Å²) in [4.78, 5) is 4.26. The van der Waals surface area contributed by atoms with E-state index >= 15 is 0 Å². The Morgan fingerprint density at radius 1 is 1.14 bits per heavy atom. The van der Waals surface area contributed by atoms with Gasteiger partial charge < -0.3 is 14.6 Å². The van der Waals surface area contributed by atoms with Crippen molar-refractivity contribution in [2.45, 2.75) is 45.3 Å². The van der Waals surface area contributed by atoms with Gasteiger partial charge in [-0.3, -0.25) is 0 Å². The third-order valence-electron chi connectivity index (χ3n) is 6.37.